The van der Waals surface area contributed by atoms with Crippen molar-refractivity contribution in [2.75, 3.05) is 24.7 Å². The summed E-state index contributed by atoms with van der Waals surface area (Å²) in [7, 11) is 0. The van der Waals surface area contributed by atoms with Crippen molar-refractivity contribution >= 4 is 36.0 Å². The zero-order valence-electron chi connectivity index (χ0n) is 13.0. The third-order valence-electron chi connectivity index (χ3n) is 3.50. The first kappa shape index (κ1) is 20.5. The number of amides is 1. The van der Waals surface area contributed by atoms with Crippen LogP contribution in [0.5, 0.6) is 0 Å². The molecule has 0 spiro atoms. The summed E-state index contributed by atoms with van der Waals surface area (Å²) in [6.45, 7) is 7.01. The van der Waals surface area contributed by atoms with E-state index < -0.39 is 6.04 Å². The van der Waals surface area contributed by atoms with Crippen LogP contribution in [0.25, 0.3) is 0 Å². The standard InChI is InChI=1S/C14H26N2O3S.ClH/c1-4-10(3)13(14(18)19-5-2)16-12(17)8-11-9-20-7-6-15-11;/h10-11,13,15H,4-9H2,1-3H3,(H,16,17);1H. The van der Waals surface area contributed by atoms with Crippen LogP contribution in [0.1, 0.15) is 33.6 Å². The van der Waals surface area contributed by atoms with Gasteiger partial charge >= 0.3 is 5.97 Å². The molecule has 21 heavy (non-hydrogen) atoms. The minimum Gasteiger partial charge on any atom is -0.464 e. The third-order valence-corrected chi connectivity index (χ3v) is 4.63. The maximum absolute atomic E-state index is 12.1. The molecule has 1 aliphatic heterocycles. The van der Waals surface area contributed by atoms with E-state index in [1.165, 1.54) is 0 Å². The predicted octanol–water partition coefficient (Wildman–Crippen LogP) is 1.60. The molecule has 7 heteroatoms. The normalized spacial score (nSPS) is 20.8. The molecule has 0 saturated carbocycles. The number of esters is 1. The number of carbonyl (C=O) groups is 2. The van der Waals surface area contributed by atoms with E-state index in [4.69, 9.17) is 4.74 Å². The molecule has 1 amide bonds. The van der Waals surface area contributed by atoms with Gasteiger partial charge in [0, 0.05) is 30.5 Å². The van der Waals surface area contributed by atoms with Crippen LogP contribution in [0.3, 0.4) is 0 Å². The molecule has 0 aromatic heterocycles. The highest BCUT2D eigenvalue weighted by Gasteiger charge is 2.28. The Labute approximate surface area is 137 Å². The van der Waals surface area contributed by atoms with Gasteiger partial charge in [0.25, 0.3) is 0 Å². The van der Waals surface area contributed by atoms with E-state index >= 15 is 0 Å². The fourth-order valence-corrected chi connectivity index (χ4v) is 3.06. The van der Waals surface area contributed by atoms with E-state index in [0.717, 1.165) is 24.5 Å². The summed E-state index contributed by atoms with van der Waals surface area (Å²) in [4.78, 5) is 24.0. The maximum Gasteiger partial charge on any atom is 0.328 e. The molecule has 0 aliphatic carbocycles. The molecule has 0 aromatic rings. The van der Waals surface area contributed by atoms with Crippen LogP contribution >= 0.6 is 24.2 Å². The number of hydrogen-bond acceptors (Lipinski definition) is 5. The number of hydrogen-bond donors (Lipinski definition) is 2. The van der Waals surface area contributed by atoms with Crippen LogP contribution in [-0.2, 0) is 14.3 Å². The summed E-state index contributed by atoms with van der Waals surface area (Å²) in [5.74, 6) is 1.70. The Morgan fingerprint density at radius 2 is 2.14 bits per heavy atom. The Bertz CT molecular complexity index is 325. The average Bonchev–Trinajstić information content (AvgIpc) is 2.45. The van der Waals surface area contributed by atoms with Crippen LogP contribution < -0.4 is 10.6 Å². The molecule has 0 bridgehead atoms. The van der Waals surface area contributed by atoms with Gasteiger partial charge in [-0.25, -0.2) is 4.79 Å². The van der Waals surface area contributed by atoms with Crippen molar-refractivity contribution in [2.24, 2.45) is 5.92 Å². The van der Waals surface area contributed by atoms with Gasteiger partial charge in [-0.2, -0.15) is 11.8 Å². The predicted molar refractivity (Wildman–Crippen MR) is 89.0 cm³/mol. The number of thioether (sulfide) groups is 1. The molecule has 0 radical (unpaired) electrons. The summed E-state index contributed by atoms with van der Waals surface area (Å²) in [5, 5.41) is 6.16. The third kappa shape index (κ3) is 7.38. The lowest BCUT2D eigenvalue weighted by Crippen LogP contribution is -2.48. The molecule has 2 N–H and O–H groups in total. The van der Waals surface area contributed by atoms with Crippen molar-refractivity contribution < 1.29 is 14.3 Å². The SMILES string of the molecule is CCOC(=O)C(NC(=O)CC1CSCCN1)C(C)CC.Cl. The van der Waals surface area contributed by atoms with Gasteiger partial charge in [0.05, 0.1) is 6.61 Å². The highest BCUT2D eigenvalue weighted by atomic mass is 35.5. The zero-order valence-corrected chi connectivity index (χ0v) is 14.6. The second-order valence-electron chi connectivity index (χ2n) is 5.11. The fraction of sp³-hybridized carbons (Fsp3) is 0.857. The second kappa shape index (κ2) is 11.2. The van der Waals surface area contributed by atoms with Crippen molar-refractivity contribution in [3.8, 4) is 0 Å². The van der Waals surface area contributed by atoms with Gasteiger partial charge in [-0.1, -0.05) is 20.3 Å². The Balaban J connectivity index is 0.00000400. The second-order valence-corrected chi connectivity index (χ2v) is 6.26. The Morgan fingerprint density at radius 3 is 2.67 bits per heavy atom. The number of ether oxygens (including phenoxy) is 1. The molecule has 1 saturated heterocycles. The van der Waals surface area contributed by atoms with Crippen LogP contribution in [0.4, 0.5) is 0 Å². The van der Waals surface area contributed by atoms with E-state index in [1.54, 1.807) is 6.92 Å². The van der Waals surface area contributed by atoms with Crippen LogP contribution in [-0.4, -0.2) is 48.6 Å². The fourth-order valence-electron chi connectivity index (χ4n) is 2.11. The number of nitrogens with one attached hydrogen (secondary N) is 2. The number of carbonyl (C=O) groups excluding carboxylic acids is 2. The number of rotatable bonds is 7. The van der Waals surface area contributed by atoms with Gasteiger partial charge in [-0.3, -0.25) is 4.79 Å². The smallest absolute Gasteiger partial charge is 0.328 e. The quantitative estimate of drug-likeness (QED) is 0.690. The molecule has 0 aromatic carbocycles. The van der Waals surface area contributed by atoms with Crippen LogP contribution in [0, 0.1) is 5.92 Å². The van der Waals surface area contributed by atoms with Crippen molar-refractivity contribution in [1.29, 1.82) is 0 Å². The van der Waals surface area contributed by atoms with Crippen molar-refractivity contribution in [1.82, 2.24) is 10.6 Å². The van der Waals surface area contributed by atoms with Crippen molar-refractivity contribution in [3.63, 3.8) is 0 Å². The molecule has 124 valence electrons. The lowest BCUT2D eigenvalue weighted by molar-refractivity contribution is -0.149. The molecule has 1 fully saturated rings. The van der Waals surface area contributed by atoms with Gasteiger partial charge < -0.3 is 15.4 Å². The minimum absolute atomic E-state index is 0. The minimum atomic E-state index is -0.538. The van der Waals surface area contributed by atoms with E-state index in [-0.39, 0.29) is 36.2 Å². The Hall–Kier alpha value is -0.460. The molecule has 1 heterocycles. The summed E-state index contributed by atoms with van der Waals surface area (Å²) in [6, 6.07) is -0.336. The summed E-state index contributed by atoms with van der Waals surface area (Å²) < 4.78 is 5.04. The summed E-state index contributed by atoms with van der Waals surface area (Å²) in [5.41, 5.74) is 0. The molecule has 3 atom stereocenters. The molecule has 3 unspecified atom stereocenters. The Kier molecular flexibility index (Phi) is 10.9. The topological polar surface area (TPSA) is 67.4 Å². The highest BCUT2D eigenvalue weighted by molar-refractivity contribution is 7.99. The van der Waals surface area contributed by atoms with E-state index in [2.05, 4.69) is 10.6 Å². The Morgan fingerprint density at radius 1 is 1.43 bits per heavy atom. The summed E-state index contributed by atoms with van der Waals surface area (Å²) >= 11 is 1.85. The molecular formula is C14H27ClN2O3S. The van der Waals surface area contributed by atoms with E-state index in [1.807, 2.05) is 25.6 Å². The van der Waals surface area contributed by atoms with E-state index in [0.29, 0.717) is 13.0 Å². The molecular weight excluding hydrogens is 312 g/mol. The first-order valence-corrected chi connectivity index (χ1v) is 8.51. The van der Waals surface area contributed by atoms with E-state index in [9.17, 15) is 9.59 Å². The van der Waals surface area contributed by atoms with Gasteiger partial charge in [0.15, 0.2) is 0 Å². The number of halogens is 1. The lowest BCUT2D eigenvalue weighted by Gasteiger charge is -2.25. The average molecular weight is 339 g/mol. The van der Waals surface area contributed by atoms with Crippen molar-refractivity contribution in [3.05, 3.63) is 0 Å². The van der Waals surface area contributed by atoms with Crippen LogP contribution in [0.15, 0.2) is 0 Å². The first-order chi connectivity index (χ1) is 9.58. The maximum atomic E-state index is 12.1. The largest absolute Gasteiger partial charge is 0.464 e. The zero-order chi connectivity index (χ0) is 15.0. The van der Waals surface area contributed by atoms with Gasteiger partial charge in [0.2, 0.25) is 5.91 Å². The van der Waals surface area contributed by atoms with Crippen LogP contribution in [0.2, 0.25) is 0 Å². The highest BCUT2D eigenvalue weighted by Crippen LogP contribution is 2.12. The van der Waals surface area contributed by atoms with Gasteiger partial charge in [-0.15, -0.1) is 12.4 Å². The molecule has 5 nitrogen and oxygen atoms in total. The van der Waals surface area contributed by atoms with Crippen molar-refractivity contribution in [2.45, 2.75) is 45.7 Å². The molecule has 1 rings (SSSR count). The van der Waals surface area contributed by atoms with Gasteiger partial charge in [0.1, 0.15) is 6.04 Å². The monoisotopic (exact) mass is 338 g/mol. The molecule has 1 aliphatic rings. The van der Waals surface area contributed by atoms with Gasteiger partial charge in [-0.05, 0) is 12.8 Å². The first-order valence-electron chi connectivity index (χ1n) is 7.35. The lowest BCUT2D eigenvalue weighted by atomic mass is 9.99. The summed E-state index contributed by atoms with van der Waals surface area (Å²) in [6.07, 6.45) is 1.24.